The standard InChI is InChI=1S/C13H22N4OS.ClH/c1-10-9-19-13(15-10)16-12(18)8-17-7-3-2-4-11(17)5-6-14;/h9,11H,2-8,14H2,1H3,(H,15,16,18);1H. The highest BCUT2D eigenvalue weighted by atomic mass is 35.5. The van der Waals surface area contributed by atoms with E-state index in [1.54, 1.807) is 0 Å². The van der Waals surface area contributed by atoms with Crippen molar-refractivity contribution in [3.05, 3.63) is 11.1 Å². The number of carbonyl (C=O) groups excluding carboxylic acids is 1. The van der Waals surface area contributed by atoms with E-state index in [4.69, 9.17) is 5.73 Å². The maximum absolute atomic E-state index is 12.0. The molecule has 1 unspecified atom stereocenters. The summed E-state index contributed by atoms with van der Waals surface area (Å²) in [5, 5.41) is 5.50. The quantitative estimate of drug-likeness (QED) is 0.871. The second kappa shape index (κ2) is 8.56. The summed E-state index contributed by atoms with van der Waals surface area (Å²) in [4.78, 5) is 18.5. The molecule has 0 radical (unpaired) electrons. The Morgan fingerprint density at radius 2 is 2.40 bits per heavy atom. The van der Waals surface area contributed by atoms with Crippen LogP contribution < -0.4 is 11.1 Å². The Hall–Kier alpha value is -0.690. The molecule has 0 saturated carbocycles. The molecule has 2 heterocycles. The number of nitrogens with zero attached hydrogens (tertiary/aromatic N) is 2. The van der Waals surface area contributed by atoms with Gasteiger partial charge < -0.3 is 11.1 Å². The van der Waals surface area contributed by atoms with E-state index in [2.05, 4.69) is 15.2 Å². The molecular formula is C13H23ClN4OS. The van der Waals surface area contributed by atoms with Gasteiger partial charge in [-0.15, -0.1) is 23.7 Å². The summed E-state index contributed by atoms with van der Waals surface area (Å²) in [6, 6.07) is 0.461. The molecule has 1 aromatic rings. The van der Waals surface area contributed by atoms with Crippen molar-refractivity contribution in [1.82, 2.24) is 9.88 Å². The van der Waals surface area contributed by atoms with Crippen LogP contribution in [0, 0.1) is 6.92 Å². The van der Waals surface area contributed by atoms with Gasteiger partial charge in [0.05, 0.1) is 12.2 Å². The van der Waals surface area contributed by atoms with Crippen LogP contribution in [0.5, 0.6) is 0 Å². The highest BCUT2D eigenvalue weighted by Gasteiger charge is 2.23. The van der Waals surface area contributed by atoms with Crippen LogP contribution in [0.4, 0.5) is 5.13 Å². The van der Waals surface area contributed by atoms with Crippen LogP contribution in [0.2, 0.25) is 0 Å². The van der Waals surface area contributed by atoms with Gasteiger partial charge >= 0.3 is 0 Å². The van der Waals surface area contributed by atoms with E-state index in [1.807, 2.05) is 12.3 Å². The third-order valence-corrected chi connectivity index (χ3v) is 4.34. The van der Waals surface area contributed by atoms with Crippen LogP contribution in [-0.2, 0) is 4.79 Å². The van der Waals surface area contributed by atoms with Crippen LogP contribution in [0.3, 0.4) is 0 Å². The zero-order valence-electron chi connectivity index (χ0n) is 11.8. The van der Waals surface area contributed by atoms with E-state index in [0.29, 0.717) is 24.3 Å². The minimum absolute atomic E-state index is 0. The number of anilines is 1. The number of rotatable bonds is 5. The molecule has 2 rings (SSSR count). The number of nitrogens with two attached hydrogens (primary N) is 1. The van der Waals surface area contributed by atoms with Crippen LogP contribution in [-0.4, -0.2) is 41.5 Å². The van der Waals surface area contributed by atoms with E-state index in [-0.39, 0.29) is 18.3 Å². The molecule has 5 nitrogen and oxygen atoms in total. The first kappa shape index (κ1) is 17.4. The average Bonchev–Trinajstić information content (AvgIpc) is 2.77. The number of halogens is 1. The topological polar surface area (TPSA) is 71.2 Å². The molecule has 3 N–H and O–H groups in total. The average molecular weight is 319 g/mol. The minimum Gasteiger partial charge on any atom is -0.330 e. The maximum atomic E-state index is 12.0. The Bertz CT molecular complexity index is 424. The fourth-order valence-electron chi connectivity index (χ4n) is 2.54. The molecule has 1 aliphatic rings. The van der Waals surface area contributed by atoms with E-state index >= 15 is 0 Å². The van der Waals surface area contributed by atoms with Crippen LogP contribution in [0.1, 0.15) is 31.4 Å². The third kappa shape index (κ3) is 5.01. The molecule has 20 heavy (non-hydrogen) atoms. The van der Waals surface area contributed by atoms with E-state index in [0.717, 1.165) is 25.1 Å². The normalized spacial score (nSPS) is 19.4. The van der Waals surface area contributed by atoms with E-state index in [9.17, 15) is 4.79 Å². The first-order valence-corrected chi connectivity index (χ1v) is 7.73. The number of nitrogens with one attached hydrogen (secondary N) is 1. The van der Waals surface area contributed by atoms with Crippen molar-refractivity contribution in [3.8, 4) is 0 Å². The molecular weight excluding hydrogens is 296 g/mol. The summed E-state index contributed by atoms with van der Waals surface area (Å²) in [7, 11) is 0. The molecule has 114 valence electrons. The number of hydrogen-bond donors (Lipinski definition) is 2. The van der Waals surface area contributed by atoms with Gasteiger partial charge in [-0.3, -0.25) is 9.69 Å². The number of hydrogen-bond acceptors (Lipinski definition) is 5. The number of piperidine rings is 1. The molecule has 1 amide bonds. The van der Waals surface area contributed by atoms with Crippen LogP contribution >= 0.6 is 23.7 Å². The smallest absolute Gasteiger partial charge is 0.240 e. The van der Waals surface area contributed by atoms with Gasteiger partial charge in [0.2, 0.25) is 5.91 Å². The van der Waals surface area contributed by atoms with E-state index in [1.165, 1.54) is 24.2 Å². The lowest BCUT2D eigenvalue weighted by Crippen LogP contribution is -2.44. The lowest BCUT2D eigenvalue weighted by atomic mass is 9.99. The van der Waals surface area contributed by atoms with Crippen molar-refractivity contribution >= 4 is 34.8 Å². The van der Waals surface area contributed by atoms with Crippen molar-refractivity contribution < 1.29 is 4.79 Å². The minimum atomic E-state index is 0. The van der Waals surface area contributed by atoms with Crippen molar-refractivity contribution in [1.29, 1.82) is 0 Å². The number of aryl methyl sites for hydroxylation is 1. The van der Waals surface area contributed by atoms with Gasteiger partial charge in [-0.25, -0.2) is 4.98 Å². The molecule has 1 atom stereocenters. The number of carbonyl (C=O) groups is 1. The molecule has 1 saturated heterocycles. The summed E-state index contributed by atoms with van der Waals surface area (Å²) >= 11 is 1.47. The third-order valence-electron chi connectivity index (χ3n) is 3.46. The molecule has 0 spiro atoms. The largest absolute Gasteiger partial charge is 0.330 e. The second-order valence-electron chi connectivity index (χ2n) is 5.04. The second-order valence-corrected chi connectivity index (χ2v) is 5.90. The fourth-order valence-corrected chi connectivity index (χ4v) is 3.25. The van der Waals surface area contributed by atoms with E-state index < -0.39 is 0 Å². The number of amides is 1. The first-order valence-electron chi connectivity index (χ1n) is 6.85. The molecule has 1 fully saturated rings. The summed E-state index contributed by atoms with van der Waals surface area (Å²) in [5.74, 6) is 0.0262. The zero-order chi connectivity index (χ0) is 13.7. The fraction of sp³-hybridized carbons (Fsp3) is 0.692. The van der Waals surface area contributed by atoms with Gasteiger partial charge in [-0.1, -0.05) is 6.42 Å². The summed E-state index contributed by atoms with van der Waals surface area (Å²) < 4.78 is 0. The molecule has 0 aliphatic carbocycles. The molecule has 0 bridgehead atoms. The number of likely N-dealkylation sites (tertiary alicyclic amines) is 1. The van der Waals surface area contributed by atoms with Crippen molar-refractivity contribution in [3.63, 3.8) is 0 Å². The van der Waals surface area contributed by atoms with Gasteiger partial charge in [0.15, 0.2) is 5.13 Å². The Morgan fingerprint density at radius 3 is 3.05 bits per heavy atom. The van der Waals surface area contributed by atoms with Gasteiger partial charge in [0, 0.05) is 11.4 Å². The molecule has 1 aliphatic heterocycles. The summed E-state index contributed by atoms with van der Waals surface area (Å²) in [6.07, 6.45) is 4.55. The lowest BCUT2D eigenvalue weighted by molar-refractivity contribution is -0.118. The number of thiazole rings is 1. The van der Waals surface area contributed by atoms with Crippen LogP contribution in [0.25, 0.3) is 0 Å². The summed E-state index contributed by atoms with van der Waals surface area (Å²) in [6.45, 7) is 4.06. The maximum Gasteiger partial charge on any atom is 0.240 e. The predicted molar refractivity (Wildman–Crippen MR) is 85.6 cm³/mol. The van der Waals surface area contributed by atoms with Crippen molar-refractivity contribution in [2.24, 2.45) is 5.73 Å². The molecule has 1 aromatic heterocycles. The first-order chi connectivity index (χ1) is 9.19. The SMILES string of the molecule is Cc1csc(NC(=O)CN2CCCCC2CCN)n1.Cl. The predicted octanol–water partition coefficient (Wildman–Crippen LogP) is 2.02. The Morgan fingerprint density at radius 1 is 1.60 bits per heavy atom. The molecule has 0 aromatic carbocycles. The van der Waals surface area contributed by atoms with Gasteiger partial charge in [0.1, 0.15) is 0 Å². The Kier molecular flexibility index (Phi) is 7.43. The zero-order valence-corrected chi connectivity index (χ0v) is 13.4. The number of aromatic nitrogens is 1. The van der Waals surface area contributed by atoms with Crippen molar-refractivity contribution in [2.45, 2.75) is 38.6 Å². The summed E-state index contributed by atoms with van der Waals surface area (Å²) in [5.41, 5.74) is 6.59. The van der Waals surface area contributed by atoms with Gasteiger partial charge in [-0.05, 0) is 39.3 Å². The molecule has 7 heteroatoms. The Labute approximate surface area is 130 Å². The van der Waals surface area contributed by atoms with Crippen LogP contribution in [0.15, 0.2) is 5.38 Å². The van der Waals surface area contributed by atoms with Gasteiger partial charge in [0.25, 0.3) is 0 Å². The highest BCUT2D eigenvalue weighted by Crippen LogP contribution is 2.19. The Balaban J connectivity index is 0.00000200. The lowest BCUT2D eigenvalue weighted by Gasteiger charge is -2.34. The van der Waals surface area contributed by atoms with Gasteiger partial charge in [-0.2, -0.15) is 0 Å². The monoisotopic (exact) mass is 318 g/mol. The van der Waals surface area contributed by atoms with Crippen molar-refractivity contribution in [2.75, 3.05) is 25.0 Å². The highest BCUT2D eigenvalue weighted by molar-refractivity contribution is 7.13.